The van der Waals surface area contributed by atoms with Crippen molar-refractivity contribution in [1.82, 2.24) is 0 Å². The molecule has 0 atom stereocenters. The number of benzene rings is 1. The molecule has 0 N–H and O–H groups in total. The minimum atomic E-state index is -0.395. The van der Waals surface area contributed by atoms with Crippen LogP contribution in [0.25, 0.3) is 0 Å². The Labute approximate surface area is 103 Å². The van der Waals surface area contributed by atoms with Crippen LogP contribution in [0, 0.1) is 0 Å². The van der Waals surface area contributed by atoms with Crippen LogP contribution in [0.1, 0.15) is 6.92 Å². The van der Waals surface area contributed by atoms with Gasteiger partial charge in [-0.2, -0.15) is 0 Å². The summed E-state index contributed by atoms with van der Waals surface area (Å²) in [5, 5.41) is 0.459. The topological polar surface area (TPSA) is 35.5 Å². The van der Waals surface area contributed by atoms with Crippen LogP contribution >= 0.6 is 15.9 Å². The van der Waals surface area contributed by atoms with Gasteiger partial charge in [0.05, 0.1) is 18.0 Å². The van der Waals surface area contributed by atoms with Gasteiger partial charge in [0.25, 0.3) is 0 Å². The summed E-state index contributed by atoms with van der Waals surface area (Å²) in [6.07, 6.45) is 1.34. The molecule has 86 valence electrons. The predicted molar refractivity (Wildman–Crippen MR) is 65.6 cm³/mol. The minimum Gasteiger partial charge on any atom is -0.463 e. The molecule has 0 spiro atoms. The highest BCUT2D eigenvalue weighted by molar-refractivity contribution is 9.09. The van der Waals surface area contributed by atoms with E-state index < -0.39 is 5.97 Å². The predicted octanol–water partition coefficient (Wildman–Crippen LogP) is 2.91. The lowest BCUT2D eigenvalue weighted by Crippen LogP contribution is -2.05. The molecule has 0 radical (unpaired) electrons. The van der Waals surface area contributed by atoms with Crippen molar-refractivity contribution in [3.63, 3.8) is 0 Å². The summed E-state index contributed by atoms with van der Waals surface area (Å²) >= 11 is 3.25. The van der Waals surface area contributed by atoms with Crippen LogP contribution in [-0.4, -0.2) is 17.9 Å². The van der Waals surface area contributed by atoms with Gasteiger partial charge in [-0.25, -0.2) is 4.79 Å². The molecule has 0 aliphatic carbocycles. The van der Waals surface area contributed by atoms with Crippen molar-refractivity contribution in [2.75, 3.05) is 11.9 Å². The van der Waals surface area contributed by atoms with Crippen molar-refractivity contribution in [3.05, 3.63) is 42.2 Å². The van der Waals surface area contributed by atoms with Crippen molar-refractivity contribution in [3.8, 4) is 5.75 Å². The van der Waals surface area contributed by atoms with E-state index in [0.29, 0.717) is 23.4 Å². The Morgan fingerprint density at radius 1 is 1.38 bits per heavy atom. The molecule has 1 rings (SSSR count). The smallest absolute Gasteiger partial charge is 0.334 e. The average molecular weight is 285 g/mol. The second-order valence-corrected chi connectivity index (χ2v) is 3.47. The van der Waals surface area contributed by atoms with E-state index in [0.717, 1.165) is 0 Å². The van der Waals surface area contributed by atoms with Crippen LogP contribution in [0.2, 0.25) is 0 Å². The van der Waals surface area contributed by atoms with Crippen LogP contribution in [0.15, 0.2) is 42.2 Å². The minimum absolute atomic E-state index is 0.357. The Hall–Kier alpha value is -1.29. The van der Waals surface area contributed by atoms with E-state index in [1.165, 1.54) is 6.08 Å². The number of hydrogen-bond donors (Lipinski definition) is 0. The third-order valence-corrected chi connectivity index (χ3v) is 2.24. The lowest BCUT2D eigenvalue weighted by molar-refractivity contribution is -0.137. The fourth-order valence-electron chi connectivity index (χ4n) is 1.05. The molecule has 0 aliphatic rings. The summed E-state index contributed by atoms with van der Waals surface area (Å²) in [5.41, 5.74) is 0. The quantitative estimate of drug-likeness (QED) is 0.361. The number of carbonyl (C=O) groups is 1. The first kappa shape index (κ1) is 12.8. The van der Waals surface area contributed by atoms with Gasteiger partial charge in [0.15, 0.2) is 0 Å². The maximum Gasteiger partial charge on any atom is 0.334 e. The molecule has 1 aromatic carbocycles. The monoisotopic (exact) mass is 284 g/mol. The molecule has 0 aromatic heterocycles. The van der Waals surface area contributed by atoms with Crippen LogP contribution in [0.5, 0.6) is 5.75 Å². The number of para-hydroxylation sites is 1. The van der Waals surface area contributed by atoms with Gasteiger partial charge in [0, 0.05) is 0 Å². The molecular weight excluding hydrogens is 272 g/mol. The molecule has 0 aliphatic heterocycles. The zero-order valence-corrected chi connectivity index (χ0v) is 10.6. The SMILES string of the molecule is CCOC(=O)/C=C(\CBr)Oc1ccccc1. The van der Waals surface area contributed by atoms with Gasteiger partial charge < -0.3 is 9.47 Å². The summed E-state index contributed by atoms with van der Waals surface area (Å²) in [6.45, 7) is 2.12. The molecule has 0 saturated heterocycles. The largest absolute Gasteiger partial charge is 0.463 e. The third-order valence-electron chi connectivity index (χ3n) is 1.69. The lowest BCUT2D eigenvalue weighted by atomic mass is 10.3. The van der Waals surface area contributed by atoms with Crippen molar-refractivity contribution >= 4 is 21.9 Å². The standard InChI is InChI=1S/C12H13BrO3/c1-2-15-12(14)8-11(9-13)16-10-6-4-3-5-7-10/h3-8H,2,9H2,1H3/b11-8+. The lowest BCUT2D eigenvalue weighted by Gasteiger charge is -2.06. The van der Waals surface area contributed by atoms with E-state index >= 15 is 0 Å². The first-order valence-corrected chi connectivity index (χ1v) is 6.04. The van der Waals surface area contributed by atoms with Crippen LogP contribution in [-0.2, 0) is 9.53 Å². The molecule has 0 unspecified atom stereocenters. The van der Waals surface area contributed by atoms with Gasteiger partial charge in [0.1, 0.15) is 11.5 Å². The zero-order chi connectivity index (χ0) is 11.8. The van der Waals surface area contributed by atoms with Crippen LogP contribution in [0.3, 0.4) is 0 Å². The number of allylic oxidation sites excluding steroid dienone is 1. The highest BCUT2D eigenvalue weighted by atomic mass is 79.9. The first-order valence-electron chi connectivity index (χ1n) is 4.92. The van der Waals surface area contributed by atoms with E-state index in [1.54, 1.807) is 6.92 Å². The molecule has 0 amide bonds. The maximum absolute atomic E-state index is 11.2. The Balaban J connectivity index is 2.65. The Kier molecular flexibility index (Phi) is 5.64. The molecule has 3 nitrogen and oxygen atoms in total. The third kappa shape index (κ3) is 4.49. The summed E-state index contributed by atoms with van der Waals surface area (Å²) in [5.74, 6) is 0.815. The number of rotatable bonds is 5. The van der Waals surface area contributed by atoms with E-state index in [1.807, 2.05) is 30.3 Å². The summed E-state index contributed by atoms with van der Waals surface area (Å²) < 4.78 is 10.3. The van der Waals surface area contributed by atoms with Gasteiger partial charge in [0.2, 0.25) is 0 Å². The van der Waals surface area contributed by atoms with Crippen molar-refractivity contribution in [2.24, 2.45) is 0 Å². The summed E-state index contributed by atoms with van der Waals surface area (Å²) in [7, 11) is 0. The van der Waals surface area contributed by atoms with Gasteiger partial charge in [-0.05, 0) is 19.1 Å². The number of ether oxygens (including phenoxy) is 2. The van der Waals surface area contributed by atoms with Crippen LogP contribution < -0.4 is 4.74 Å². The van der Waals surface area contributed by atoms with E-state index in [2.05, 4.69) is 15.9 Å². The van der Waals surface area contributed by atoms with Crippen molar-refractivity contribution in [1.29, 1.82) is 0 Å². The van der Waals surface area contributed by atoms with E-state index in [9.17, 15) is 4.79 Å². The molecule has 0 fully saturated rings. The molecular formula is C12H13BrO3. The Morgan fingerprint density at radius 3 is 2.62 bits per heavy atom. The molecule has 1 aromatic rings. The second-order valence-electron chi connectivity index (χ2n) is 2.91. The first-order chi connectivity index (χ1) is 7.76. The summed E-state index contributed by atoms with van der Waals surface area (Å²) in [6, 6.07) is 9.27. The average Bonchev–Trinajstić information content (AvgIpc) is 2.30. The number of hydrogen-bond acceptors (Lipinski definition) is 3. The van der Waals surface area contributed by atoms with Gasteiger partial charge >= 0.3 is 5.97 Å². The molecule has 0 saturated carbocycles. The number of halogens is 1. The maximum atomic E-state index is 11.2. The van der Waals surface area contributed by atoms with E-state index in [-0.39, 0.29) is 0 Å². The second kappa shape index (κ2) is 7.06. The summed E-state index contributed by atoms with van der Waals surface area (Å²) in [4.78, 5) is 11.2. The highest BCUT2D eigenvalue weighted by Crippen LogP contribution is 2.14. The highest BCUT2D eigenvalue weighted by Gasteiger charge is 2.03. The fraction of sp³-hybridized carbons (Fsp3) is 0.250. The van der Waals surface area contributed by atoms with Gasteiger partial charge in [-0.3, -0.25) is 0 Å². The molecule has 16 heavy (non-hydrogen) atoms. The zero-order valence-electron chi connectivity index (χ0n) is 8.98. The number of carbonyl (C=O) groups excluding carboxylic acids is 1. The number of esters is 1. The van der Waals surface area contributed by atoms with E-state index in [4.69, 9.17) is 9.47 Å². The Morgan fingerprint density at radius 2 is 2.06 bits per heavy atom. The van der Waals surface area contributed by atoms with Crippen LogP contribution in [0.4, 0.5) is 0 Å². The van der Waals surface area contributed by atoms with Crippen molar-refractivity contribution < 1.29 is 14.3 Å². The number of alkyl halides is 1. The van der Waals surface area contributed by atoms with Gasteiger partial charge in [-0.15, -0.1) is 0 Å². The fourth-order valence-corrected chi connectivity index (χ4v) is 1.33. The molecule has 4 heteroatoms. The Bertz CT molecular complexity index is 360. The van der Waals surface area contributed by atoms with Gasteiger partial charge in [-0.1, -0.05) is 34.1 Å². The van der Waals surface area contributed by atoms with Crippen molar-refractivity contribution in [2.45, 2.75) is 6.92 Å². The molecule has 0 bridgehead atoms. The normalized spacial score (nSPS) is 11.0. The molecule has 0 heterocycles.